The highest BCUT2D eigenvalue weighted by atomic mass is 32.1. The molecule has 6 nitrogen and oxygen atoms in total. The number of anilines is 1. The van der Waals surface area contributed by atoms with Gasteiger partial charge in [-0.25, -0.2) is 9.78 Å². The largest absolute Gasteiger partial charge is 0.476 e. The Labute approximate surface area is 156 Å². The maximum atomic E-state index is 12.5. The molecule has 0 aliphatic carbocycles. The topological polar surface area (TPSA) is 73.7 Å². The zero-order valence-electron chi connectivity index (χ0n) is 14.4. The van der Waals surface area contributed by atoms with E-state index in [1.165, 1.54) is 11.3 Å². The van der Waals surface area contributed by atoms with Crippen LogP contribution in [0.5, 0.6) is 0 Å². The summed E-state index contributed by atoms with van der Waals surface area (Å²) in [5.74, 6) is 4.45. The number of carboxylic acid groups (broad SMARTS) is 1. The predicted molar refractivity (Wildman–Crippen MR) is 100 cm³/mol. The average Bonchev–Trinajstić information content (AvgIpc) is 3.17. The minimum atomic E-state index is -1.02. The highest BCUT2D eigenvalue weighted by molar-refractivity contribution is 7.13. The fourth-order valence-electron chi connectivity index (χ4n) is 2.87. The number of rotatable bonds is 3. The molecule has 1 fully saturated rings. The first-order valence-electron chi connectivity index (χ1n) is 8.40. The van der Waals surface area contributed by atoms with Crippen molar-refractivity contribution in [1.82, 2.24) is 9.88 Å². The van der Waals surface area contributed by atoms with Gasteiger partial charge in [-0.1, -0.05) is 31.0 Å². The summed E-state index contributed by atoms with van der Waals surface area (Å²) in [4.78, 5) is 31.5. The van der Waals surface area contributed by atoms with Crippen LogP contribution >= 0.6 is 11.3 Å². The van der Waals surface area contributed by atoms with Gasteiger partial charge in [0.2, 0.25) is 0 Å². The van der Waals surface area contributed by atoms with E-state index in [9.17, 15) is 9.59 Å². The first kappa shape index (κ1) is 18.0. The summed E-state index contributed by atoms with van der Waals surface area (Å²) in [6, 6.07) is 9.46. The number of carboxylic acids is 1. The molecule has 1 aliphatic rings. The molecule has 0 radical (unpaired) electrons. The van der Waals surface area contributed by atoms with Crippen molar-refractivity contribution in [3.05, 3.63) is 47.0 Å². The Morgan fingerprint density at radius 2 is 2.08 bits per heavy atom. The zero-order valence-corrected chi connectivity index (χ0v) is 15.2. The number of aromatic carboxylic acids is 1. The molecule has 0 bridgehead atoms. The minimum absolute atomic E-state index is 0.0264. The highest BCUT2D eigenvalue weighted by Gasteiger charge is 2.30. The summed E-state index contributed by atoms with van der Waals surface area (Å²) >= 11 is 1.32. The molecular weight excluding hydrogens is 350 g/mol. The Hall–Kier alpha value is -2.85. The van der Waals surface area contributed by atoms with Gasteiger partial charge < -0.3 is 14.9 Å². The second-order valence-corrected chi connectivity index (χ2v) is 6.78. The van der Waals surface area contributed by atoms with Crippen molar-refractivity contribution in [2.75, 3.05) is 24.5 Å². The van der Waals surface area contributed by atoms with Crippen LogP contribution < -0.4 is 4.90 Å². The molecule has 1 aromatic heterocycles. The van der Waals surface area contributed by atoms with Crippen molar-refractivity contribution in [2.45, 2.75) is 19.4 Å². The molecule has 0 spiro atoms. The van der Waals surface area contributed by atoms with Crippen LogP contribution in [0.15, 0.2) is 35.7 Å². The van der Waals surface area contributed by atoms with Gasteiger partial charge in [0.1, 0.15) is 0 Å². The smallest absolute Gasteiger partial charge is 0.355 e. The maximum absolute atomic E-state index is 12.5. The van der Waals surface area contributed by atoms with Gasteiger partial charge in [-0.2, -0.15) is 0 Å². The number of aromatic nitrogens is 1. The van der Waals surface area contributed by atoms with E-state index in [-0.39, 0.29) is 17.6 Å². The van der Waals surface area contributed by atoms with Gasteiger partial charge in [-0.05, 0) is 18.6 Å². The molecule has 1 amide bonds. The van der Waals surface area contributed by atoms with E-state index in [1.54, 1.807) is 10.3 Å². The van der Waals surface area contributed by atoms with E-state index in [0.717, 1.165) is 12.0 Å². The fraction of sp³-hybridized carbons (Fsp3) is 0.316. The molecule has 1 saturated heterocycles. The molecule has 3 rings (SSSR count). The molecule has 7 heteroatoms. The van der Waals surface area contributed by atoms with Crippen LogP contribution in [0, 0.1) is 11.8 Å². The van der Waals surface area contributed by atoms with Gasteiger partial charge in [0.15, 0.2) is 10.8 Å². The van der Waals surface area contributed by atoms with Crippen molar-refractivity contribution in [3.8, 4) is 11.8 Å². The van der Waals surface area contributed by atoms with Crippen LogP contribution in [-0.4, -0.2) is 52.5 Å². The second-order valence-electron chi connectivity index (χ2n) is 5.94. The molecule has 1 aromatic carbocycles. The first-order chi connectivity index (χ1) is 12.6. The Morgan fingerprint density at radius 3 is 2.73 bits per heavy atom. The number of carbonyl (C=O) groups is 2. The lowest BCUT2D eigenvalue weighted by molar-refractivity contribution is -0.127. The second kappa shape index (κ2) is 8.02. The summed E-state index contributed by atoms with van der Waals surface area (Å²) in [7, 11) is 0. The predicted octanol–water partition coefficient (Wildman–Crippen LogP) is 2.32. The molecule has 2 aromatic rings. The quantitative estimate of drug-likeness (QED) is 0.841. The molecule has 1 unspecified atom stereocenters. The monoisotopic (exact) mass is 369 g/mol. The molecule has 2 heterocycles. The fourth-order valence-corrected chi connectivity index (χ4v) is 3.71. The van der Waals surface area contributed by atoms with E-state index in [1.807, 2.05) is 42.2 Å². The van der Waals surface area contributed by atoms with Crippen molar-refractivity contribution >= 4 is 28.3 Å². The number of benzene rings is 1. The number of hydrogen-bond acceptors (Lipinski definition) is 5. The van der Waals surface area contributed by atoms with E-state index in [2.05, 4.69) is 16.8 Å². The van der Waals surface area contributed by atoms with Gasteiger partial charge in [-0.3, -0.25) is 4.79 Å². The molecule has 0 saturated carbocycles. The third kappa shape index (κ3) is 4.03. The molecule has 1 atom stereocenters. The lowest BCUT2D eigenvalue weighted by Crippen LogP contribution is -2.54. The first-order valence-corrected chi connectivity index (χ1v) is 9.28. The van der Waals surface area contributed by atoms with Crippen molar-refractivity contribution in [2.24, 2.45) is 0 Å². The standard InChI is InChI=1S/C19H19N3O3S/c1-2-15-12-21(19-20-16(13-26-19)18(24)25)10-11-22(15)17(23)9-8-14-6-4-3-5-7-14/h3-7,13,15H,2,10-12H2,1H3,(H,24,25). The van der Waals surface area contributed by atoms with Gasteiger partial charge in [0, 0.05) is 36.5 Å². The summed E-state index contributed by atoms with van der Waals surface area (Å²) < 4.78 is 0. The summed E-state index contributed by atoms with van der Waals surface area (Å²) in [5, 5.41) is 11.2. The summed E-state index contributed by atoms with van der Waals surface area (Å²) in [6.45, 7) is 3.82. The Morgan fingerprint density at radius 1 is 1.31 bits per heavy atom. The van der Waals surface area contributed by atoms with Crippen LogP contribution in [0.4, 0.5) is 5.13 Å². The van der Waals surface area contributed by atoms with E-state index in [0.29, 0.717) is 24.8 Å². The maximum Gasteiger partial charge on any atom is 0.355 e. The van der Waals surface area contributed by atoms with Gasteiger partial charge in [0.25, 0.3) is 5.91 Å². The summed E-state index contributed by atoms with van der Waals surface area (Å²) in [6.07, 6.45) is 0.798. The van der Waals surface area contributed by atoms with Gasteiger partial charge in [-0.15, -0.1) is 11.3 Å². The lowest BCUT2D eigenvalue weighted by Gasteiger charge is -2.40. The number of amides is 1. The third-order valence-corrected chi connectivity index (χ3v) is 5.19. The normalized spacial score (nSPS) is 16.7. The molecule has 134 valence electrons. The number of carbonyl (C=O) groups excluding carboxylic acids is 1. The Balaban J connectivity index is 1.68. The average molecular weight is 369 g/mol. The summed E-state index contributed by atoms with van der Waals surface area (Å²) in [5.41, 5.74) is 0.877. The van der Waals surface area contributed by atoms with Crippen LogP contribution in [0.25, 0.3) is 0 Å². The number of hydrogen-bond donors (Lipinski definition) is 1. The Bertz CT molecular complexity index is 854. The highest BCUT2D eigenvalue weighted by Crippen LogP contribution is 2.24. The van der Waals surface area contributed by atoms with Crippen molar-refractivity contribution < 1.29 is 14.7 Å². The Kier molecular flexibility index (Phi) is 5.54. The number of thiazole rings is 1. The van der Waals surface area contributed by atoms with Crippen LogP contribution in [0.3, 0.4) is 0 Å². The molecule has 1 aliphatic heterocycles. The zero-order chi connectivity index (χ0) is 18.5. The molecule has 1 N–H and O–H groups in total. The van der Waals surface area contributed by atoms with E-state index >= 15 is 0 Å². The van der Waals surface area contributed by atoms with Gasteiger partial charge >= 0.3 is 5.97 Å². The van der Waals surface area contributed by atoms with Crippen LogP contribution in [-0.2, 0) is 4.79 Å². The van der Waals surface area contributed by atoms with Crippen LogP contribution in [0.2, 0.25) is 0 Å². The van der Waals surface area contributed by atoms with Crippen molar-refractivity contribution in [3.63, 3.8) is 0 Å². The number of nitrogens with zero attached hydrogens (tertiary/aromatic N) is 3. The minimum Gasteiger partial charge on any atom is -0.476 e. The van der Waals surface area contributed by atoms with Gasteiger partial charge in [0.05, 0.1) is 6.04 Å². The lowest BCUT2D eigenvalue weighted by atomic mass is 10.1. The van der Waals surface area contributed by atoms with Crippen LogP contribution in [0.1, 0.15) is 29.4 Å². The van der Waals surface area contributed by atoms with E-state index < -0.39 is 5.97 Å². The van der Waals surface area contributed by atoms with Crippen molar-refractivity contribution in [1.29, 1.82) is 0 Å². The van der Waals surface area contributed by atoms with E-state index in [4.69, 9.17) is 5.11 Å². The number of piperazine rings is 1. The molecular formula is C19H19N3O3S. The third-order valence-electron chi connectivity index (χ3n) is 4.28. The SMILES string of the molecule is CCC1CN(c2nc(C(=O)O)cs2)CCN1C(=O)C#Cc1ccccc1. The molecule has 26 heavy (non-hydrogen) atoms.